The molecule has 0 saturated carbocycles. The summed E-state index contributed by atoms with van der Waals surface area (Å²) in [6.45, 7) is 7.72. The van der Waals surface area contributed by atoms with E-state index in [9.17, 15) is 9.59 Å². The van der Waals surface area contributed by atoms with Gasteiger partial charge in [-0.3, -0.25) is 9.59 Å². The zero-order valence-electron chi connectivity index (χ0n) is 9.76. The van der Waals surface area contributed by atoms with Gasteiger partial charge in [0, 0.05) is 18.2 Å². The first-order valence-electron chi connectivity index (χ1n) is 5.07. The van der Waals surface area contributed by atoms with Gasteiger partial charge in [0.1, 0.15) is 0 Å². The van der Waals surface area contributed by atoms with Gasteiger partial charge in [0.05, 0.1) is 6.42 Å². The van der Waals surface area contributed by atoms with Crippen LogP contribution < -0.4 is 10.7 Å². The van der Waals surface area contributed by atoms with Gasteiger partial charge in [-0.05, 0) is 13.8 Å². The van der Waals surface area contributed by atoms with Crippen LogP contribution in [0, 0.1) is 5.92 Å². The summed E-state index contributed by atoms with van der Waals surface area (Å²) in [6.07, 6.45) is 0.214. The van der Waals surface area contributed by atoms with Crippen molar-refractivity contribution in [2.75, 3.05) is 6.54 Å². The summed E-state index contributed by atoms with van der Waals surface area (Å²) in [4.78, 5) is 22.3. The van der Waals surface area contributed by atoms with E-state index in [0.29, 0.717) is 12.3 Å². The Bertz CT molecular complexity index is 259. The van der Waals surface area contributed by atoms with Crippen molar-refractivity contribution in [3.05, 3.63) is 0 Å². The maximum absolute atomic E-state index is 11.1. The van der Waals surface area contributed by atoms with E-state index in [0.717, 1.165) is 0 Å². The third-order valence-electron chi connectivity index (χ3n) is 1.67. The molecule has 0 atom stereocenters. The van der Waals surface area contributed by atoms with E-state index in [1.807, 2.05) is 6.92 Å². The molecule has 0 radical (unpaired) electrons. The molecule has 0 aliphatic carbocycles. The molecule has 0 heterocycles. The van der Waals surface area contributed by atoms with E-state index in [1.54, 1.807) is 20.8 Å². The van der Waals surface area contributed by atoms with E-state index in [2.05, 4.69) is 15.8 Å². The summed E-state index contributed by atoms with van der Waals surface area (Å²) in [6, 6.07) is 0. The van der Waals surface area contributed by atoms with Crippen LogP contribution in [0.4, 0.5) is 0 Å². The molecular weight excluding hydrogens is 194 g/mol. The molecule has 0 aromatic carbocycles. The van der Waals surface area contributed by atoms with Gasteiger partial charge < -0.3 is 5.32 Å². The van der Waals surface area contributed by atoms with Crippen LogP contribution in [0.5, 0.6) is 0 Å². The molecule has 0 fully saturated rings. The van der Waals surface area contributed by atoms with Crippen molar-refractivity contribution in [3.8, 4) is 0 Å². The number of carbonyl (C=O) groups is 2. The molecular formula is C10H19N3O2. The molecule has 5 nitrogen and oxygen atoms in total. The monoisotopic (exact) mass is 213 g/mol. The Kier molecular flexibility index (Phi) is 6.33. The smallest absolute Gasteiger partial charge is 0.242 e. The Labute approximate surface area is 90.3 Å². The lowest BCUT2D eigenvalue weighted by molar-refractivity contribution is -0.124. The van der Waals surface area contributed by atoms with Crippen molar-refractivity contribution in [1.29, 1.82) is 0 Å². The van der Waals surface area contributed by atoms with E-state index in [-0.39, 0.29) is 24.2 Å². The van der Waals surface area contributed by atoms with Crippen LogP contribution in [0.1, 0.15) is 34.1 Å². The first-order valence-corrected chi connectivity index (χ1v) is 5.07. The van der Waals surface area contributed by atoms with Gasteiger partial charge in [0.2, 0.25) is 11.8 Å². The second kappa shape index (κ2) is 6.98. The van der Waals surface area contributed by atoms with Crippen LogP contribution in [0.2, 0.25) is 0 Å². The predicted octanol–water partition coefficient (Wildman–Crippen LogP) is 0.661. The number of hydrazone groups is 1. The molecule has 0 spiro atoms. The summed E-state index contributed by atoms with van der Waals surface area (Å²) in [5.41, 5.74) is 2.99. The van der Waals surface area contributed by atoms with Gasteiger partial charge in [-0.25, -0.2) is 5.43 Å². The molecule has 0 bridgehead atoms. The summed E-state index contributed by atoms with van der Waals surface area (Å²) < 4.78 is 0. The SMILES string of the molecule is CCNC(=O)C/C(C)=N\NC(=O)C(C)C. The van der Waals surface area contributed by atoms with Gasteiger partial charge in [-0.1, -0.05) is 13.8 Å². The topological polar surface area (TPSA) is 70.6 Å². The first kappa shape index (κ1) is 13.6. The Morgan fingerprint density at radius 2 is 1.93 bits per heavy atom. The van der Waals surface area contributed by atoms with Crippen molar-refractivity contribution in [2.45, 2.75) is 34.1 Å². The molecule has 0 saturated heterocycles. The standard InChI is InChI=1S/C10H19N3O2/c1-5-11-9(14)6-8(4)12-13-10(15)7(2)3/h7H,5-6H2,1-4H3,(H,11,14)(H,13,15)/b12-8-. The fourth-order valence-corrected chi connectivity index (χ4v) is 0.811. The molecule has 0 aliphatic rings. The molecule has 0 aromatic rings. The number of amides is 2. The minimum absolute atomic E-state index is 0.0856. The second-order valence-corrected chi connectivity index (χ2v) is 3.61. The van der Waals surface area contributed by atoms with Crippen LogP contribution in [-0.4, -0.2) is 24.1 Å². The largest absolute Gasteiger partial charge is 0.356 e. The number of nitrogens with one attached hydrogen (secondary N) is 2. The highest BCUT2D eigenvalue weighted by molar-refractivity contribution is 6.00. The van der Waals surface area contributed by atoms with E-state index in [1.165, 1.54) is 0 Å². The minimum Gasteiger partial charge on any atom is -0.356 e. The van der Waals surface area contributed by atoms with Crippen LogP contribution in [0.25, 0.3) is 0 Å². The van der Waals surface area contributed by atoms with Crippen LogP contribution in [0.3, 0.4) is 0 Å². The average Bonchev–Trinajstić information content (AvgIpc) is 2.14. The maximum atomic E-state index is 11.1. The summed E-state index contributed by atoms with van der Waals surface area (Å²) in [7, 11) is 0. The third kappa shape index (κ3) is 6.65. The molecule has 0 rings (SSSR count). The van der Waals surface area contributed by atoms with Crippen LogP contribution in [-0.2, 0) is 9.59 Å². The van der Waals surface area contributed by atoms with Gasteiger partial charge >= 0.3 is 0 Å². The van der Waals surface area contributed by atoms with Gasteiger partial charge in [0.15, 0.2) is 0 Å². The number of carbonyl (C=O) groups excluding carboxylic acids is 2. The quantitative estimate of drug-likeness (QED) is 0.520. The predicted molar refractivity (Wildman–Crippen MR) is 59.4 cm³/mol. The molecule has 86 valence electrons. The van der Waals surface area contributed by atoms with Crippen LogP contribution in [0.15, 0.2) is 5.10 Å². The Morgan fingerprint density at radius 1 is 1.33 bits per heavy atom. The molecule has 2 amide bonds. The fraction of sp³-hybridized carbons (Fsp3) is 0.700. The molecule has 0 aliphatic heterocycles. The van der Waals surface area contributed by atoms with Crippen molar-refractivity contribution >= 4 is 17.5 Å². The lowest BCUT2D eigenvalue weighted by Crippen LogP contribution is -2.27. The summed E-state index contributed by atoms with van der Waals surface area (Å²) in [5.74, 6) is -0.339. The van der Waals surface area contributed by atoms with Crippen molar-refractivity contribution < 1.29 is 9.59 Å². The Hall–Kier alpha value is -1.39. The van der Waals surface area contributed by atoms with Gasteiger partial charge in [0.25, 0.3) is 0 Å². The van der Waals surface area contributed by atoms with Crippen molar-refractivity contribution in [3.63, 3.8) is 0 Å². The first-order chi connectivity index (χ1) is 6.97. The highest BCUT2D eigenvalue weighted by atomic mass is 16.2. The average molecular weight is 213 g/mol. The van der Waals surface area contributed by atoms with E-state index < -0.39 is 0 Å². The summed E-state index contributed by atoms with van der Waals surface area (Å²) in [5, 5.41) is 6.48. The second-order valence-electron chi connectivity index (χ2n) is 3.61. The van der Waals surface area contributed by atoms with E-state index >= 15 is 0 Å². The van der Waals surface area contributed by atoms with Crippen LogP contribution >= 0.6 is 0 Å². The molecule has 0 unspecified atom stereocenters. The Balaban J connectivity index is 3.99. The molecule has 0 aromatic heterocycles. The number of hydrogen-bond acceptors (Lipinski definition) is 3. The number of rotatable bonds is 5. The lowest BCUT2D eigenvalue weighted by Gasteiger charge is -2.04. The minimum atomic E-state index is -0.148. The molecule has 15 heavy (non-hydrogen) atoms. The maximum Gasteiger partial charge on any atom is 0.242 e. The fourth-order valence-electron chi connectivity index (χ4n) is 0.811. The normalized spacial score (nSPS) is 11.4. The zero-order valence-corrected chi connectivity index (χ0v) is 9.76. The highest BCUT2D eigenvalue weighted by Gasteiger charge is 2.06. The highest BCUT2D eigenvalue weighted by Crippen LogP contribution is 1.91. The number of nitrogens with zero attached hydrogens (tertiary/aromatic N) is 1. The molecule has 2 N–H and O–H groups in total. The van der Waals surface area contributed by atoms with Gasteiger partial charge in [-0.15, -0.1) is 0 Å². The van der Waals surface area contributed by atoms with Crippen molar-refractivity contribution in [1.82, 2.24) is 10.7 Å². The van der Waals surface area contributed by atoms with Crippen molar-refractivity contribution in [2.24, 2.45) is 11.0 Å². The summed E-state index contributed by atoms with van der Waals surface area (Å²) >= 11 is 0. The third-order valence-corrected chi connectivity index (χ3v) is 1.67. The zero-order chi connectivity index (χ0) is 11.8. The van der Waals surface area contributed by atoms with Gasteiger partial charge in [-0.2, -0.15) is 5.10 Å². The lowest BCUT2D eigenvalue weighted by atomic mass is 10.2. The Morgan fingerprint density at radius 3 is 2.40 bits per heavy atom. The number of hydrogen-bond donors (Lipinski definition) is 2. The molecule has 5 heteroatoms. The van der Waals surface area contributed by atoms with E-state index in [4.69, 9.17) is 0 Å².